The fourth-order valence-electron chi connectivity index (χ4n) is 2.00. The number of nitrogens with zero attached hydrogens (tertiary/aromatic N) is 4. The Balaban J connectivity index is 1.79. The first-order valence-electron chi connectivity index (χ1n) is 6.57. The zero-order valence-electron chi connectivity index (χ0n) is 11.5. The summed E-state index contributed by atoms with van der Waals surface area (Å²) in [6.07, 6.45) is 4.74. The van der Waals surface area contributed by atoms with Gasteiger partial charge in [-0.2, -0.15) is 5.10 Å². The standard InChI is InChI=1S/C15H12ClN5O/c16-12-5-2-1-4-11(12)8-14(22)20-13-6-3-7-18-15(13)21-10-17-9-19-21/h1-7,9-10H,8H2,(H,20,22). The molecule has 0 aliphatic carbocycles. The normalized spacial score (nSPS) is 10.4. The van der Waals surface area contributed by atoms with E-state index in [4.69, 9.17) is 11.6 Å². The summed E-state index contributed by atoms with van der Waals surface area (Å²) in [5, 5.41) is 7.42. The molecule has 0 aliphatic heterocycles. The number of amides is 1. The lowest BCUT2D eigenvalue weighted by molar-refractivity contribution is -0.115. The van der Waals surface area contributed by atoms with Gasteiger partial charge in [0.1, 0.15) is 12.7 Å². The van der Waals surface area contributed by atoms with Gasteiger partial charge in [0.15, 0.2) is 5.82 Å². The molecular formula is C15H12ClN5O. The number of hydrogen-bond acceptors (Lipinski definition) is 4. The molecule has 0 radical (unpaired) electrons. The van der Waals surface area contributed by atoms with Gasteiger partial charge in [-0.25, -0.2) is 14.6 Å². The van der Waals surface area contributed by atoms with Crippen LogP contribution in [0.5, 0.6) is 0 Å². The number of hydrogen-bond donors (Lipinski definition) is 1. The molecule has 3 aromatic rings. The lowest BCUT2D eigenvalue weighted by Gasteiger charge is -2.10. The van der Waals surface area contributed by atoms with Crippen LogP contribution < -0.4 is 5.32 Å². The summed E-state index contributed by atoms with van der Waals surface area (Å²) in [7, 11) is 0. The average Bonchev–Trinajstić information content (AvgIpc) is 3.04. The van der Waals surface area contributed by atoms with Gasteiger partial charge in [0.25, 0.3) is 0 Å². The Morgan fingerprint density at radius 3 is 2.86 bits per heavy atom. The highest BCUT2D eigenvalue weighted by molar-refractivity contribution is 6.31. The molecule has 1 N–H and O–H groups in total. The van der Waals surface area contributed by atoms with Gasteiger partial charge in [0, 0.05) is 11.2 Å². The minimum absolute atomic E-state index is 0.178. The van der Waals surface area contributed by atoms with Crippen LogP contribution in [0.3, 0.4) is 0 Å². The van der Waals surface area contributed by atoms with E-state index in [9.17, 15) is 4.79 Å². The van der Waals surface area contributed by atoms with E-state index >= 15 is 0 Å². The maximum Gasteiger partial charge on any atom is 0.228 e. The van der Waals surface area contributed by atoms with Gasteiger partial charge < -0.3 is 5.32 Å². The van der Waals surface area contributed by atoms with E-state index in [1.807, 2.05) is 18.2 Å². The number of halogens is 1. The van der Waals surface area contributed by atoms with Gasteiger partial charge in [0.2, 0.25) is 5.91 Å². The molecule has 0 saturated carbocycles. The van der Waals surface area contributed by atoms with Gasteiger partial charge in [0.05, 0.1) is 12.1 Å². The Hall–Kier alpha value is -2.73. The predicted octanol–water partition coefficient (Wildman–Crippen LogP) is 2.50. The van der Waals surface area contributed by atoms with Crippen LogP contribution in [-0.2, 0) is 11.2 Å². The highest BCUT2D eigenvalue weighted by Crippen LogP contribution is 2.18. The van der Waals surface area contributed by atoms with Gasteiger partial charge in [-0.15, -0.1) is 0 Å². The summed E-state index contributed by atoms with van der Waals surface area (Å²) in [4.78, 5) is 20.3. The highest BCUT2D eigenvalue weighted by atomic mass is 35.5. The van der Waals surface area contributed by atoms with Crippen molar-refractivity contribution in [1.82, 2.24) is 19.7 Å². The SMILES string of the molecule is O=C(Cc1ccccc1Cl)Nc1cccnc1-n1cncn1. The predicted molar refractivity (Wildman–Crippen MR) is 82.9 cm³/mol. The summed E-state index contributed by atoms with van der Waals surface area (Å²) >= 11 is 6.07. The van der Waals surface area contributed by atoms with E-state index < -0.39 is 0 Å². The van der Waals surface area contributed by atoms with Crippen molar-refractivity contribution in [3.8, 4) is 5.82 Å². The molecule has 110 valence electrons. The van der Waals surface area contributed by atoms with Crippen molar-refractivity contribution in [3.05, 3.63) is 65.8 Å². The number of rotatable bonds is 4. The zero-order chi connectivity index (χ0) is 15.4. The molecule has 7 heteroatoms. The zero-order valence-corrected chi connectivity index (χ0v) is 12.2. The van der Waals surface area contributed by atoms with Crippen LogP contribution in [0, 0.1) is 0 Å². The fraction of sp³-hybridized carbons (Fsp3) is 0.0667. The molecule has 0 aliphatic rings. The van der Waals surface area contributed by atoms with Crippen LogP contribution in [0.15, 0.2) is 55.2 Å². The number of anilines is 1. The van der Waals surface area contributed by atoms with E-state index in [1.54, 1.807) is 24.4 Å². The lowest BCUT2D eigenvalue weighted by Crippen LogP contribution is -2.17. The topological polar surface area (TPSA) is 72.7 Å². The summed E-state index contributed by atoms with van der Waals surface area (Å²) in [6.45, 7) is 0. The highest BCUT2D eigenvalue weighted by Gasteiger charge is 2.11. The second-order valence-electron chi connectivity index (χ2n) is 4.53. The summed E-state index contributed by atoms with van der Waals surface area (Å²) in [5.41, 5.74) is 1.33. The van der Waals surface area contributed by atoms with Crippen molar-refractivity contribution in [2.45, 2.75) is 6.42 Å². The molecule has 3 rings (SSSR count). The number of aromatic nitrogens is 4. The maximum atomic E-state index is 12.2. The largest absolute Gasteiger partial charge is 0.323 e. The third kappa shape index (κ3) is 3.12. The van der Waals surface area contributed by atoms with E-state index in [0.717, 1.165) is 5.56 Å². The van der Waals surface area contributed by atoms with Gasteiger partial charge in [-0.1, -0.05) is 29.8 Å². The molecule has 0 bridgehead atoms. The molecular weight excluding hydrogens is 302 g/mol. The molecule has 2 aromatic heterocycles. The van der Waals surface area contributed by atoms with Crippen LogP contribution in [0.2, 0.25) is 5.02 Å². The smallest absolute Gasteiger partial charge is 0.228 e. The first-order valence-corrected chi connectivity index (χ1v) is 6.95. The second-order valence-corrected chi connectivity index (χ2v) is 4.94. The molecule has 0 atom stereocenters. The number of nitrogens with one attached hydrogen (secondary N) is 1. The monoisotopic (exact) mass is 313 g/mol. The van der Waals surface area contributed by atoms with Crippen LogP contribution >= 0.6 is 11.6 Å². The van der Waals surface area contributed by atoms with E-state index in [2.05, 4.69) is 20.4 Å². The Kier molecular flexibility index (Phi) is 4.11. The van der Waals surface area contributed by atoms with Crippen molar-refractivity contribution in [2.75, 3.05) is 5.32 Å². The van der Waals surface area contributed by atoms with Crippen molar-refractivity contribution >= 4 is 23.2 Å². The van der Waals surface area contributed by atoms with Crippen molar-refractivity contribution < 1.29 is 4.79 Å². The third-order valence-electron chi connectivity index (χ3n) is 3.01. The number of benzene rings is 1. The van der Waals surface area contributed by atoms with E-state index in [0.29, 0.717) is 16.5 Å². The van der Waals surface area contributed by atoms with Crippen LogP contribution in [-0.4, -0.2) is 25.7 Å². The molecule has 1 aromatic carbocycles. The minimum Gasteiger partial charge on any atom is -0.323 e. The fourth-order valence-corrected chi connectivity index (χ4v) is 2.21. The van der Waals surface area contributed by atoms with Crippen LogP contribution in [0.1, 0.15) is 5.56 Å². The van der Waals surface area contributed by atoms with Crippen LogP contribution in [0.4, 0.5) is 5.69 Å². The van der Waals surface area contributed by atoms with Gasteiger partial charge in [-0.3, -0.25) is 4.79 Å². The van der Waals surface area contributed by atoms with Gasteiger partial charge in [-0.05, 0) is 23.8 Å². The molecule has 2 heterocycles. The molecule has 1 amide bonds. The quantitative estimate of drug-likeness (QED) is 0.803. The van der Waals surface area contributed by atoms with Gasteiger partial charge >= 0.3 is 0 Å². The van der Waals surface area contributed by atoms with Crippen molar-refractivity contribution in [1.29, 1.82) is 0 Å². The molecule has 0 spiro atoms. The minimum atomic E-state index is -0.178. The number of carbonyl (C=O) groups is 1. The maximum absolute atomic E-state index is 12.2. The Bertz CT molecular complexity index is 788. The van der Waals surface area contributed by atoms with E-state index in [1.165, 1.54) is 17.3 Å². The van der Waals surface area contributed by atoms with Crippen molar-refractivity contribution in [3.63, 3.8) is 0 Å². The second kappa shape index (κ2) is 6.36. The first-order chi connectivity index (χ1) is 10.7. The molecule has 0 saturated heterocycles. The average molecular weight is 314 g/mol. The molecule has 0 fully saturated rings. The Labute approximate surface area is 131 Å². The van der Waals surface area contributed by atoms with Crippen molar-refractivity contribution in [2.24, 2.45) is 0 Å². The molecule has 0 unspecified atom stereocenters. The molecule has 22 heavy (non-hydrogen) atoms. The summed E-state index contributed by atoms with van der Waals surface area (Å²) < 4.78 is 1.49. The number of carbonyl (C=O) groups excluding carboxylic acids is 1. The summed E-state index contributed by atoms with van der Waals surface area (Å²) in [5.74, 6) is 0.329. The number of pyridine rings is 1. The van der Waals surface area contributed by atoms with Crippen LogP contribution in [0.25, 0.3) is 5.82 Å². The lowest BCUT2D eigenvalue weighted by atomic mass is 10.1. The van der Waals surface area contributed by atoms with E-state index in [-0.39, 0.29) is 12.3 Å². The summed E-state index contributed by atoms with van der Waals surface area (Å²) in [6, 6.07) is 10.8. The Morgan fingerprint density at radius 1 is 1.23 bits per heavy atom. The molecule has 6 nitrogen and oxygen atoms in total. The Morgan fingerprint density at radius 2 is 2.09 bits per heavy atom. The first kappa shape index (κ1) is 14.2. The third-order valence-corrected chi connectivity index (χ3v) is 3.37.